The molecule has 3 nitrogen and oxygen atoms in total. The Labute approximate surface area is 177 Å². The highest BCUT2D eigenvalue weighted by atomic mass is 19.1. The second kappa shape index (κ2) is 9.66. The van der Waals surface area contributed by atoms with Crippen LogP contribution in [0.25, 0.3) is 0 Å². The fourth-order valence-corrected chi connectivity index (χ4v) is 4.18. The molecule has 154 valence electrons. The van der Waals surface area contributed by atoms with Gasteiger partial charge >= 0.3 is 0 Å². The molecule has 0 N–H and O–H groups in total. The molecule has 1 aromatic heterocycles. The first-order valence-electron chi connectivity index (χ1n) is 10.7. The van der Waals surface area contributed by atoms with E-state index in [1.807, 2.05) is 41.3 Å². The lowest BCUT2D eigenvalue weighted by molar-refractivity contribution is -0.132. The number of piperidine rings is 1. The van der Waals surface area contributed by atoms with Crippen molar-refractivity contribution in [2.75, 3.05) is 13.1 Å². The topological polar surface area (TPSA) is 33.2 Å². The van der Waals surface area contributed by atoms with Gasteiger partial charge in [0.1, 0.15) is 5.82 Å². The molecule has 0 spiro atoms. The molecular weight excluding hydrogens is 375 g/mol. The Morgan fingerprint density at radius 2 is 1.80 bits per heavy atom. The molecule has 1 unspecified atom stereocenters. The Kier molecular flexibility index (Phi) is 6.53. The molecule has 1 aliphatic rings. The van der Waals surface area contributed by atoms with E-state index >= 15 is 0 Å². The first kappa shape index (κ1) is 20.3. The minimum absolute atomic E-state index is 0.222. The number of halogens is 1. The van der Waals surface area contributed by atoms with Crippen molar-refractivity contribution in [1.82, 2.24) is 9.88 Å². The fraction of sp³-hybridized carbons (Fsp3) is 0.308. The van der Waals surface area contributed by atoms with E-state index in [2.05, 4.69) is 18.2 Å². The monoisotopic (exact) mass is 402 g/mol. The lowest BCUT2D eigenvalue weighted by Crippen LogP contribution is -2.39. The van der Waals surface area contributed by atoms with Crippen molar-refractivity contribution in [3.05, 3.63) is 101 Å². The molecule has 4 rings (SSSR count). The summed E-state index contributed by atoms with van der Waals surface area (Å²) in [6.45, 7) is 1.55. The Balaban J connectivity index is 1.38. The number of likely N-dealkylation sites (tertiary alicyclic amines) is 1. The Hall–Kier alpha value is -3.01. The summed E-state index contributed by atoms with van der Waals surface area (Å²) in [4.78, 5) is 19.6. The van der Waals surface area contributed by atoms with Crippen molar-refractivity contribution >= 4 is 5.91 Å². The molecule has 4 heteroatoms. The van der Waals surface area contributed by atoms with Crippen LogP contribution in [0.2, 0.25) is 0 Å². The van der Waals surface area contributed by atoms with Gasteiger partial charge in [-0.25, -0.2) is 4.39 Å². The number of pyridine rings is 1. The number of amides is 1. The Bertz CT molecular complexity index is 989. The van der Waals surface area contributed by atoms with Crippen LogP contribution in [-0.2, 0) is 17.6 Å². The minimum atomic E-state index is -0.222. The number of nitrogens with zero attached hydrogens (tertiary/aromatic N) is 2. The van der Waals surface area contributed by atoms with Crippen LogP contribution in [-0.4, -0.2) is 28.9 Å². The molecule has 0 radical (unpaired) electrons. The van der Waals surface area contributed by atoms with Gasteiger partial charge in [-0.15, -0.1) is 0 Å². The fourth-order valence-electron chi connectivity index (χ4n) is 4.18. The molecule has 1 amide bonds. The number of benzene rings is 2. The number of rotatable bonds is 6. The zero-order valence-electron chi connectivity index (χ0n) is 17.1. The molecule has 0 bridgehead atoms. The van der Waals surface area contributed by atoms with E-state index in [1.165, 1.54) is 11.6 Å². The summed E-state index contributed by atoms with van der Waals surface area (Å²) >= 11 is 0. The van der Waals surface area contributed by atoms with E-state index in [1.54, 1.807) is 12.1 Å². The number of hydrogen-bond acceptors (Lipinski definition) is 2. The maximum atomic E-state index is 13.5. The molecule has 1 fully saturated rings. The second-order valence-electron chi connectivity index (χ2n) is 8.02. The molecular formula is C26H27FN2O. The highest BCUT2D eigenvalue weighted by Crippen LogP contribution is 2.26. The van der Waals surface area contributed by atoms with Crippen molar-refractivity contribution in [2.45, 2.75) is 38.0 Å². The smallest absolute Gasteiger partial charge is 0.222 e. The van der Waals surface area contributed by atoms with Gasteiger partial charge in [-0.1, -0.05) is 48.5 Å². The first-order chi connectivity index (χ1) is 14.7. The normalized spacial score (nSPS) is 16.4. The molecule has 1 aliphatic heterocycles. The summed E-state index contributed by atoms with van der Waals surface area (Å²) in [7, 11) is 0. The van der Waals surface area contributed by atoms with Gasteiger partial charge in [0.2, 0.25) is 5.91 Å². The standard InChI is InChI=1S/C26H27FN2O/c27-23-11-4-9-21(17-23)18-24-12-5-13-25(28-24)22-10-6-16-29(19-22)26(30)15-14-20-7-2-1-3-8-20/h1-5,7-9,11-13,17,22H,6,10,14-16,18-19H2. The molecule has 3 aromatic rings. The molecule has 1 atom stereocenters. The zero-order chi connectivity index (χ0) is 20.8. The van der Waals surface area contributed by atoms with Crippen molar-refractivity contribution in [1.29, 1.82) is 0 Å². The van der Waals surface area contributed by atoms with E-state index in [0.29, 0.717) is 12.8 Å². The minimum Gasteiger partial charge on any atom is -0.342 e. The Morgan fingerprint density at radius 3 is 2.63 bits per heavy atom. The number of carbonyl (C=O) groups excluding carboxylic acids is 1. The molecule has 1 saturated heterocycles. The third-order valence-corrected chi connectivity index (χ3v) is 5.77. The summed E-state index contributed by atoms with van der Waals surface area (Å²) in [5, 5.41) is 0. The zero-order valence-corrected chi connectivity index (χ0v) is 17.1. The number of carbonyl (C=O) groups is 1. The number of hydrogen-bond donors (Lipinski definition) is 0. The largest absolute Gasteiger partial charge is 0.342 e. The maximum absolute atomic E-state index is 13.5. The molecule has 30 heavy (non-hydrogen) atoms. The summed E-state index contributed by atoms with van der Waals surface area (Å²) in [5.74, 6) is 0.256. The predicted molar refractivity (Wildman–Crippen MR) is 117 cm³/mol. The predicted octanol–water partition coefficient (Wildman–Crippen LogP) is 5.15. The molecule has 2 aromatic carbocycles. The second-order valence-corrected chi connectivity index (χ2v) is 8.02. The van der Waals surface area contributed by atoms with E-state index in [9.17, 15) is 9.18 Å². The van der Waals surface area contributed by atoms with Crippen LogP contribution in [0.4, 0.5) is 4.39 Å². The third-order valence-electron chi connectivity index (χ3n) is 5.77. The van der Waals surface area contributed by atoms with Crippen LogP contribution in [0.1, 0.15) is 47.7 Å². The third kappa shape index (κ3) is 5.32. The van der Waals surface area contributed by atoms with Gasteiger partial charge in [-0.2, -0.15) is 0 Å². The average Bonchev–Trinajstić information content (AvgIpc) is 2.78. The average molecular weight is 403 g/mol. The van der Waals surface area contributed by atoms with Crippen LogP contribution < -0.4 is 0 Å². The van der Waals surface area contributed by atoms with Crippen LogP contribution in [0.15, 0.2) is 72.8 Å². The van der Waals surface area contributed by atoms with Crippen molar-refractivity contribution in [3.63, 3.8) is 0 Å². The molecule has 0 aliphatic carbocycles. The highest BCUT2D eigenvalue weighted by Gasteiger charge is 2.25. The van der Waals surface area contributed by atoms with E-state index in [-0.39, 0.29) is 17.6 Å². The maximum Gasteiger partial charge on any atom is 0.222 e. The number of aryl methyl sites for hydroxylation is 1. The van der Waals surface area contributed by atoms with Gasteiger partial charge in [-0.05, 0) is 54.7 Å². The highest BCUT2D eigenvalue weighted by molar-refractivity contribution is 5.76. The summed E-state index contributed by atoms with van der Waals surface area (Å²) in [6, 6.07) is 22.9. The van der Waals surface area contributed by atoms with Crippen LogP contribution in [0.5, 0.6) is 0 Å². The van der Waals surface area contributed by atoms with E-state index in [0.717, 1.165) is 49.3 Å². The van der Waals surface area contributed by atoms with Crippen molar-refractivity contribution in [3.8, 4) is 0 Å². The van der Waals surface area contributed by atoms with Gasteiger partial charge in [0.25, 0.3) is 0 Å². The summed E-state index contributed by atoms with van der Waals surface area (Å²) in [5.41, 5.74) is 4.09. The summed E-state index contributed by atoms with van der Waals surface area (Å²) in [6.07, 6.45) is 3.97. The first-order valence-corrected chi connectivity index (χ1v) is 10.7. The Morgan fingerprint density at radius 1 is 1.00 bits per heavy atom. The van der Waals surface area contributed by atoms with Gasteiger partial charge in [-0.3, -0.25) is 9.78 Å². The van der Waals surface area contributed by atoms with E-state index in [4.69, 9.17) is 4.98 Å². The lowest BCUT2D eigenvalue weighted by atomic mass is 9.93. The van der Waals surface area contributed by atoms with Crippen LogP contribution in [0, 0.1) is 5.82 Å². The van der Waals surface area contributed by atoms with Gasteiger partial charge in [0, 0.05) is 43.2 Å². The van der Waals surface area contributed by atoms with Gasteiger partial charge in [0.15, 0.2) is 0 Å². The molecule has 2 heterocycles. The molecule has 0 saturated carbocycles. The van der Waals surface area contributed by atoms with Crippen LogP contribution >= 0.6 is 0 Å². The SMILES string of the molecule is O=C(CCc1ccccc1)N1CCCC(c2cccc(Cc3cccc(F)c3)n2)C1. The lowest BCUT2D eigenvalue weighted by Gasteiger charge is -2.32. The number of aromatic nitrogens is 1. The van der Waals surface area contributed by atoms with Crippen LogP contribution in [0.3, 0.4) is 0 Å². The van der Waals surface area contributed by atoms with E-state index < -0.39 is 0 Å². The van der Waals surface area contributed by atoms with Crippen molar-refractivity contribution < 1.29 is 9.18 Å². The quantitative estimate of drug-likeness (QED) is 0.571. The summed E-state index contributed by atoms with van der Waals surface area (Å²) < 4.78 is 13.5. The van der Waals surface area contributed by atoms with Gasteiger partial charge < -0.3 is 4.90 Å². The van der Waals surface area contributed by atoms with Gasteiger partial charge in [0.05, 0.1) is 0 Å². The van der Waals surface area contributed by atoms with Crippen molar-refractivity contribution in [2.24, 2.45) is 0 Å².